The van der Waals surface area contributed by atoms with Crippen molar-refractivity contribution in [3.63, 3.8) is 0 Å². The lowest BCUT2D eigenvalue weighted by atomic mass is 10.1. The van der Waals surface area contributed by atoms with Crippen molar-refractivity contribution in [1.29, 1.82) is 0 Å². The van der Waals surface area contributed by atoms with Gasteiger partial charge in [0.05, 0.1) is 6.04 Å². The summed E-state index contributed by atoms with van der Waals surface area (Å²) in [6, 6.07) is 7.20. The summed E-state index contributed by atoms with van der Waals surface area (Å²) in [6.07, 6.45) is 2.52. The van der Waals surface area contributed by atoms with E-state index in [1.165, 1.54) is 5.56 Å². The summed E-state index contributed by atoms with van der Waals surface area (Å²) in [7, 11) is 0. The maximum absolute atomic E-state index is 12.2. The second kappa shape index (κ2) is 6.63. The Morgan fingerprint density at radius 1 is 1.29 bits per heavy atom. The van der Waals surface area contributed by atoms with E-state index in [1.54, 1.807) is 4.90 Å². The van der Waals surface area contributed by atoms with Gasteiger partial charge in [-0.25, -0.2) is 4.79 Å². The molecular weight excluding hydrogens is 306 g/mol. The molecule has 2 atom stereocenters. The van der Waals surface area contributed by atoms with Crippen molar-refractivity contribution < 1.29 is 14.4 Å². The fourth-order valence-corrected chi connectivity index (χ4v) is 3.38. The van der Waals surface area contributed by atoms with Crippen LogP contribution < -0.4 is 5.32 Å². The second-order valence-electron chi connectivity index (χ2n) is 6.44. The van der Waals surface area contributed by atoms with Crippen molar-refractivity contribution in [2.45, 2.75) is 45.2 Å². The molecule has 2 aliphatic rings. The summed E-state index contributed by atoms with van der Waals surface area (Å²) in [5.74, 6) is -0.558. The van der Waals surface area contributed by atoms with Gasteiger partial charge < -0.3 is 10.2 Å². The smallest absolute Gasteiger partial charge is 0.327 e. The van der Waals surface area contributed by atoms with E-state index in [0.717, 1.165) is 23.3 Å². The first-order valence-electron chi connectivity index (χ1n) is 8.51. The quantitative estimate of drug-likeness (QED) is 0.838. The highest BCUT2D eigenvalue weighted by Gasteiger charge is 2.47. The van der Waals surface area contributed by atoms with E-state index in [1.807, 2.05) is 31.2 Å². The van der Waals surface area contributed by atoms with Crippen LogP contribution in [0.2, 0.25) is 0 Å². The number of urea groups is 1. The maximum atomic E-state index is 12.2. The van der Waals surface area contributed by atoms with Crippen molar-refractivity contribution in [3.8, 4) is 0 Å². The molecule has 6 heteroatoms. The average Bonchev–Trinajstić information content (AvgIpc) is 3.15. The molecule has 3 rings (SSSR count). The molecule has 4 amide bonds. The van der Waals surface area contributed by atoms with Crippen LogP contribution in [0, 0.1) is 0 Å². The van der Waals surface area contributed by atoms with Gasteiger partial charge in [-0.2, -0.15) is 0 Å². The first-order chi connectivity index (χ1) is 11.5. The first-order valence-corrected chi connectivity index (χ1v) is 8.51. The van der Waals surface area contributed by atoms with Gasteiger partial charge in [-0.3, -0.25) is 14.5 Å². The van der Waals surface area contributed by atoms with E-state index in [2.05, 4.69) is 12.2 Å². The number of imide groups is 1. The molecule has 1 aromatic rings. The number of rotatable bonds is 5. The highest BCUT2D eigenvalue weighted by atomic mass is 16.2. The molecule has 0 bridgehead atoms. The lowest BCUT2D eigenvalue weighted by Crippen LogP contribution is -2.42. The molecule has 2 unspecified atom stereocenters. The van der Waals surface area contributed by atoms with Gasteiger partial charge in [-0.15, -0.1) is 0 Å². The molecule has 0 saturated carbocycles. The zero-order chi connectivity index (χ0) is 17.3. The van der Waals surface area contributed by atoms with Crippen molar-refractivity contribution in [3.05, 3.63) is 35.4 Å². The Bertz CT molecular complexity index is 634. The number of nitrogens with zero attached hydrogens (tertiary/aromatic N) is 2. The summed E-state index contributed by atoms with van der Waals surface area (Å²) in [5.41, 5.74) is 2.24. The van der Waals surface area contributed by atoms with Gasteiger partial charge in [0.25, 0.3) is 5.91 Å². The zero-order valence-corrected chi connectivity index (χ0v) is 14.1. The summed E-state index contributed by atoms with van der Waals surface area (Å²) in [4.78, 5) is 39.3. The molecule has 0 spiro atoms. The minimum Gasteiger partial charge on any atom is -0.348 e. The molecule has 2 heterocycles. The molecule has 0 aromatic heterocycles. The number of nitrogens with one attached hydrogen (secondary N) is 1. The molecule has 2 saturated heterocycles. The van der Waals surface area contributed by atoms with E-state index in [0.29, 0.717) is 13.0 Å². The Morgan fingerprint density at radius 2 is 2.00 bits per heavy atom. The van der Waals surface area contributed by atoms with E-state index in [-0.39, 0.29) is 36.5 Å². The number of benzene rings is 1. The molecule has 128 valence electrons. The van der Waals surface area contributed by atoms with Crippen LogP contribution in [0.25, 0.3) is 0 Å². The van der Waals surface area contributed by atoms with Gasteiger partial charge in [0.2, 0.25) is 5.91 Å². The van der Waals surface area contributed by atoms with E-state index in [9.17, 15) is 14.4 Å². The van der Waals surface area contributed by atoms with Gasteiger partial charge in [0.1, 0.15) is 12.6 Å². The number of amides is 4. The Labute approximate surface area is 141 Å². The average molecular weight is 329 g/mol. The number of aryl methyl sites for hydroxylation is 1. The Kier molecular flexibility index (Phi) is 4.55. The van der Waals surface area contributed by atoms with Crippen LogP contribution in [-0.4, -0.2) is 46.8 Å². The van der Waals surface area contributed by atoms with Crippen molar-refractivity contribution in [2.75, 3.05) is 13.1 Å². The topological polar surface area (TPSA) is 69.7 Å². The van der Waals surface area contributed by atoms with E-state index < -0.39 is 0 Å². The van der Waals surface area contributed by atoms with Crippen molar-refractivity contribution in [2.24, 2.45) is 0 Å². The van der Waals surface area contributed by atoms with Crippen molar-refractivity contribution in [1.82, 2.24) is 15.1 Å². The Balaban J connectivity index is 1.59. The van der Waals surface area contributed by atoms with Gasteiger partial charge in [-0.1, -0.05) is 31.2 Å². The largest absolute Gasteiger partial charge is 0.348 e. The Morgan fingerprint density at radius 3 is 2.62 bits per heavy atom. The van der Waals surface area contributed by atoms with Gasteiger partial charge in [0.15, 0.2) is 0 Å². The predicted molar refractivity (Wildman–Crippen MR) is 89.2 cm³/mol. The van der Waals surface area contributed by atoms with Crippen molar-refractivity contribution >= 4 is 17.8 Å². The molecule has 2 fully saturated rings. The number of fused-ring (bicyclic) bond motifs is 1. The minimum atomic E-state index is -0.357. The maximum Gasteiger partial charge on any atom is 0.327 e. The summed E-state index contributed by atoms with van der Waals surface area (Å²) in [5, 5.41) is 2.86. The summed E-state index contributed by atoms with van der Waals surface area (Å²) >= 11 is 0. The first kappa shape index (κ1) is 16.5. The van der Waals surface area contributed by atoms with Gasteiger partial charge in [0, 0.05) is 6.54 Å². The highest BCUT2D eigenvalue weighted by molar-refractivity contribution is 6.06. The fraction of sp³-hybridized carbons (Fsp3) is 0.500. The van der Waals surface area contributed by atoms with Crippen LogP contribution in [0.4, 0.5) is 4.79 Å². The zero-order valence-electron chi connectivity index (χ0n) is 14.1. The molecular formula is C18H23N3O3. The predicted octanol–water partition coefficient (Wildman–Crippen LogP) is 1.85. The number of hydrogen-bond donors (Lipinski definition) is 1. The number of hydrogen-bond acceptors (Lipinski definition) is 3. The summed E-state index contributed by atoms with van der Waals surface area (Å²) < 4.78 is 0. The molecule has 2 aliphatic heterocycles. The lowest BCUT2D eigenvalue weighted by molar-refractivity contribution is -0.132. The highest BCUT2D eigenvalue weighted by Crippen LogP contribution is 2.27. The fourth-order valence-electron chi connectivity index (χ4n) is 3.38. The normalized spacial score (nSPS) is 21.2. The summed E-state index contributed by atoms with van der Waals surface area (Å²) in [6.45, 7) is 4.38. The SMILES string of the molecule is CCc1ccc(C(C)NC(=O)CN2C(=O)C3CCCN3C2=O)cc1. The molecule has 6 nitrogen and oxygen atoms in total. The third-order valence-electron chi connectivity index (χ3n) is 4.85. The van der Waals surface area contributed by atoms with Gasteiger partial charge in [-0.05, 0) is 37.3 Å². The standard InChI is InChI=1S/C18H23N3O3/c1-3-13-6-8-14(9-7-13)12(2)19-16(22)11-21-17(23)15-5-4-10-20(15)18(21)24/h6-9,12,15H,3-5,10-11H2,1-2H3,(H,19,22). The van der Waals surface area contributed by atoms with Crippen LogP contribution in [0.1, 0.15) is 43.9 Å². The van der Waals surface area contributed by atoms with E-state index in [4.69, 9.17) is 0 Å². The Hall–Kier alpha value is -2.37. The van der Waals surface area contributed by atoms with Crippen LogP contribution in [-0.2, 0) is 16.0 Å². The minimum absolute atomic E-state index is 0.170. The number of carbonyl (C=O) groups is 3. The molecule has 1 N–H and O–H groups in total. The third kappa shape index (κ3) is 3.00. The third-order valence-corrected chi connectivity index (χ3v) is 4.85. The van der Waals surface area contributed by atoms with Gasteiger partial charge >= 0.3 is 6.03 Å². The molecule has 0 radical (unpaired) electrons. The van der Waals surface area contributed by atoms with Crippen LogP contribution in [0.5, 0.6) is 0 Å². The molecule has 24 heavy (non-hydrogen) atoms. The lowest BCUT2D eigenvalue weighted by Gasteiger charge is -2.18. The molecule has 0 aliphatic carbocycles. The number of carbonyl (C=O) groups excluding carboxylic acids is 3. The van der Waals surface area contributed by atoms with Crippen LogP contribution in [0.15, 0.2) is 24.3 Å². The second-order valence-corrected chi connectivity index (χ2v) is 6.44. The van der Waals surface area contributed by atoms with Crippen LogP contribution in [0.3, 0.4) is 0 Å². The van der Waals surface area contributed by atoms with E-state index >= 15 is 0 Å². The van der Waals surface area contributed by atoms with Crippen LogP contribution >= 0.6 is 0 Å². The monoisotopic (exact) mass is 329 g/mol. The molecule has 1 aromatic carbocycles.